The second-order valence-corrected chi connectivity index (χ2v) is 5.70. The summed E-state index contributed by atoms with van der Waals surface area (Å²) >= 11 is 5.96. The summed E-state index contributed by atoms with van der Waals surface area (Å²) in [7, 11) is 0. The monoisotopic (exact) mass is 348 g/mol. The van der Waals surface area contributed by atoms with Crippen LogP contribution in [-0.2, 0) is 4.74 Å². The highest BCUT2D eigenvalue weighted by Gasteiger charge is 2.54. The molecule has 5 atom stereocenters. The predicted octanol–water partition coefficient (Wildman–Crippen LogP) is -2.96. The van der Waals surface area contributed by atoms with Gasteiger partial charge in [0.15, 0.2) is 11.9 Å². The molecule has 126 valence electrons. The smallest absolute Gasteiger partial charge is 0.394 e. The minimum atomic E-state index is -1.97. The fourth-order valence-corrected chi connectivity index (χ4v) is 2.76. The van der Waals surface area contributed by atoms with Crippen molar-refractivity contribution >= 4 is 29.1 Å². The van der Waals surface area contributed by atoms with E-state index in [4.69, 9.17) is 27.2 Å². The topological polar surface area (TPSA) is 179 Å². The fraction of sp³-hybridized carbons (Fsp3) is 0.700. The van der Waals surface area contributed by atoms with Crippen LogP contribution in [0.2, 0.25) is 0 Å². The largest absolute Gasteiger partial charge is 0.469 e. The Morgan fingerprint density at radius 1 is 1.52 bits per heavy atom. The zero-order valence-electron chi connectivity index (χ0n) is 11.5. The first kappa shape index (κ1) is 16.2. The van der Waals surface area contributed by atoms with Crippen LogP contribution in [0.1, 0.15) is 0 Å². The van der Waals surface area contributed by atoms with Gasteiger partial charge in [-0.25, -0.2) is 0 Å². The Labute approximate surface area is 133 Å². The SMILES string of the molecule is NC1(Cl)N=C([N+](=O)[O-])N=C2C1=NCN2[C@@H]1O[C@H](CO)[C@@H](O)[C@H]1O. The van der Waals surface area contributed by atoms with Gasteiger partial charge in [0.2, 0.25) is 5.84 Å². The minimum Gasteiger partial charge on any atom is -0.394 e. The van der Waals surface area contributed by atoms with E-state index in [-0.39, 0.29) is 18.2 Å². The Balaban J connectivity index is 1.93. The van der Waals surface area contributed by atoms with Gasteiger partial charge in [-0.3, -0.25) is 15.6 Å². The van der Waals surface area contributed by atoms with Gasteiger partial charge in [-0.15, -0.1) is 0 Å². The van der Waals surface area contributed by atoms with Crippen molar-refractivity contribution in [2.24, 2.45) is 20.7 Å². The second kappa shape index (κ2) is 5.43. The molecule has 0 aromatic heterocycles. The van der Waals surface area contributed by atoms with Crippen LogP contribution in [0.4, 0.5) is 0 Å². The van der Waals surface area contributed by atoms with Crippen molar-refractivity contribution in [3.8, 4) is 0 Å². The molecule has 13 heteroatoms. The van der Waals surface area contributed by atoms with Crippen molar-refractivity contribution in [2.45, 2.75) is 29.7 Å². The Bertz CT molecular complexity index is 635. The van der Waals surface area contributed by atoms with Crippen LogP contribution in [0.3, 0.4) is 0 Å². The van der Waals surface area contributed by atoms with E-state index in [9.17, 15) is 20.3 Å². The Morgan fingerprint density at radius 2 is 2.22 bits per heavy atom. The highest BCUT2D eigenvalue weighted by molar-refractivity contribution is 6.57. The third kappa shape index (κ3) is 2.49. The fourth-order valence-electron chi connectivity index (χ4n) is 2.54. The summed E-state index contributed by atoms with van der Waals surface area (Å²) in [6.07, 6.45) is -4.85. The molecule has 0 aromatic carbocycles. The molecule has 1 fully saturated rings. The summed E-state index contributed by atoms with van der Waals surface area (Å²) in [5, 5.41) is 37.9. The van der Waals surface area contributed by atoms with Gasteiger partial charge in [0.05, 0.1) is 6.61 Å². The van der Waals surface area contributed by atoms with Crippen molar-refractivity contribution in [1.29, 1.82) is 0 Å². The number of aliphatic imine (C=N–C) groups is 3. The molecule has 0 saturated carbocycles. The molecule has 23 heavy (non-hydrogen) atoms. The van der Waals surface area contributed by atoms with Gasteiger partial charge in [0, 0.05) is 0 Å². The van der Waals surface area contributed by atoms with Crippen molar-refractivity contribution in [3.63, 3.8) is 0 Å². The Hall–Kier alpha value is -1.70. The normalized spacial score (nSPS) is 39.7. The molecule has 3 heterocycles. The first-order valence-corrected chi connectivity index (χ1v) is 6.89. The number of nitrogens with two attached hydrogens (primary N) is 1. The number of alkyl halides is 1. The molecule has 0 spiro atoms. The number of nitro groups is 1. The van der Waals surface area contributed by atoms with E-state index < -0.39 is 47.2 Å². The van der Waals surface area contributed by atoms with Crippen LogP contribution in [0, 0.1) is 10.1 Å². The van der Waals surface area contributed by atoms with Crippen LogP contribution in [0.25, 0.3) is 0 Å². The average Bonchev–Trinajstić information content (AvgIpc) is 3.02. The number of hydrogen-bond donors (Lipinski definition) is 4. The number of fused-ring (bicyclic) bond motifs is 1. The van der Waals surface area contributed by atoms with Crippen LogP contribution >= 0.6 is 11.6 Å². The standard InChI is InChI=1S/C10H13ClN6O6/c11-10(12)6-7(14-9(15-10)17(21)22)16(2-13-6)8-5(20)4(19)3(1-18)23-8/h3-5,8,18-20H,1-2,12H2/t3-,4-,5-,8-,10?/m1/s1. The third-order valence-corrected chi connectivity index (χ3v) is 3.92. The number of rotatable bonds is 2. The van der Waals surface area contributed by atoms with E-state index in [0.29, 0.717) is 0 Å². The number of guanidine groups is 1. The van der Waals surface area contributed by atoms with Crippen LogP contribution in [-0.4, -0.2) is 85.6 Å². The van der Waals surface area contributed by atoms with Crippen LogP contribution in [0.15, 0.2) is 15.0 Å². The first-order chi connectivity index (χ1) is 10.8. The number of amidine groups is 1. The summed E-state index contributed by atoms with van der Waals surface area (Å²) in [5.41, 5.74) is 5.70. The molecule has 1 unspecified atom stereocenters. The molecule has 3 aliphatic heterocycles. The number of ether oxygens (including phenoxy) is 1. The summed E-state index contributed by atoms with van der Waals surface area (Å²) in [6.45, 7) is -0.617. The van der Waals surface area contributed by atoms with Crippen molar-refractivity contribution < 1.29 is 25.0 Å². The lowest BCUT2D eigenvalue weighted by Gasteiger charge is -2.27. The van der Waals surface area contributed by atoms with E-state index >= 15 is 0 Å². The first-order valence-electron chi connectivity index (χ1n) is 6.51. The van der Waals surface area contributed by atoms with Gasteiger partial charge in [-0.05, 0) is 9.92 Å². The second-order valence-electron chi connectivity index (χ2n) is 5.12. The molecule has 0 aromatic rings. The number of hydrogen-bond acceptors (Lipinski definition) is 11. The van der Waals surface area contributed by atoms with E-state index in [2.05, 4.69) is 15.0 Å². The maximum Gasteiger partial charge on any atom is 0.469 e. The molecule has 3 rings (SSSR count). The molecule has 0 aliphatic carbocycles. The molecular formula is C10H13ClN6O6. The van der Waals surface area contributed by atoms with Gasteiger partial charge in [-0.1, -0.05) is 16.6 Å². The number of nitrogens with zero attached hydrogens (tertiary/aromatic N) is 5. The summed E-state index contributed by atoms with van der Waals surface area (Å²) in [6, 6.07) is 0. The van der Waals surface area contributed by atoms with Gasteiger partial charge in [-0.2, -0.15) is 0 Å². The molecule has 3 aliphatic rings. The van der Waals surface area contributed by atoms with E-state index in [1.165, 1.54) is 4.90 Å². The van der Waals surface area contributed by atoms with Crippen LogP contribution in [0.5, 0.6) is 0 Å². The molecule has 0 bridgehead atoms. The predicted molar refractivity (Wildman–Crippen MR) is 76.5 cm³/mol. The molecule has 1 saturated heterocycles. The minimum absolute atomic E-state index is 0.0116. The third-order valence-electron chi connectivity index (χ3n) is 3.65. The highest BCUT2D eigenvalue weighted by atomic mass is 35.5. The lowest BCUT2D eigenvalue weighted by atomic mass is 10.1. The molecule has 5 N–H and O–H groups in total. The van der Waals surface area contributed by atoms with E-state index in [0.717, 1.165) is 0 Å². The van der Waals surface area contributed by atoms with Gasteiger partial charge in [0.25, 0.3) is 5.12 Å². The summed E-state index contributed by atoms with van der Waals surface area (Å²) < 4.78 is 5.36. The summed E-state index contributed by atoms with van der Waals surface area (Å²) in [4.78, 5) is 22.6. The van der Waals surface area contributed by atoms with Crippen molar-refractivity contribution in [2.75, 3.05) is 13.3 Å². The van der Waals surface area contributed by atoms with Crippen molar-refractivity contribution in [3.05, 3.63) is 10.1 Å². The van der Waals surface area contributed by atoms with Crippen LogP contribution < -0.4 is 5.73 Å². The summed E-state index contributed by atoms with van der Waals surface area (Å²) in [5.74, 6) is -0.880. The highest BCUT2D eigenvalue weighted by Crippen LogP contribution is 2.30. The molecule has 12 nitrogen and oxygen atoms in total. The number of aliphatic hydroxyl groups is 3. The number of aliphatic hydroxyl groups excluding tert-OH is 3. The zero-order chi connectivity index (χ0) is 16.9. The van der Waals surface area contributed by atoms with E-state index in [1.807, 2.05) is 0 Å². The average molecular weight is 349 g/mol. The lowest BCUT2D eigenvalue weighted by molar-refractivity contribution is -0.352. The lowest BCUT2D eigenvalue weighted by Crippen LogP contribution is -2.54. The maximum absolute atomic E-state index is 10.9. The van der Waals surface area contributed by atoms with Gasteiger partial charge < -0.3 is 30.2 Å². The Kier molecular flexibility index (Phi) is 3.82. The van der Waals surface area contributed by atoms with E-state index in [1.54, 1.807) is 0 Å². The Morgan fingerprint density at radius 3 is 2.78 bits per heavy atom. The van der Waals surface area contributed by atoms with Crippen molar-refractivity contribution in [1.82, 2.24) is 4.90 Å². The maximum atomic E-state index is 10.9. The number of halogens is 1. The molecule has 0 amide bonds. The molecular weight excluding hydrogens is 336 g/mol. The van der Waals surface area contributed by atoms with Gasteiger partial charge >= 0.3 is 5.96 Å². The quantitative estimate of drug-likeness (QED) is 0.177. The van der Waals surface area contributed by atoms with Gasteiger partial charge in [0.1, 0.15) is 25.0 Å². The molecule has 0 radical (unpaired) electrons. The zero-order valence-corrected chi connectivity index (χ0v) is 12.2.